The Kier molecular flexibility index (Phi) is 5.23. The largest absolute Gasteiger partial charge is 0.491 e. The van der Waals surface area contributed by atoms with Gasteiger partial charge in [-0.2, -0.15) is 0 Å². The number of rotatable bonds is 6. The van der Waals surface area contributed by atoms with Gasteiger partial charge in [-0.15, -0.1) is 0 Å². The summed E-state index contributed by atoms with van der Waals surface area (Å²) >= 11 is 0. The second kappa shape index (κ2) is 7.15. The highest BCUT2D eigenvalue weighted by molar-refractivity contribution is 5.90. The third-order valence-corrected chi connectivity index (χ3v) is 3.03. The van der Waals surface area contributed by atoms with Crippen molar-refractivity contribution < 1.29 is 32.5 Å². The van der Waals surface area contributed by atoms with Gasteiger partial charge in [0.1, 0.15) is 18.2 Å². The van der Waals surface area contributed by atoms with Crippen molar-refractivity contribution in [2.75, 3.05) is 20.3 Å². The number of halogens is 3. The fraction of sp³-hybridized carbons (Fsp3) is 0.188. The van der Waals surface area contributed by atoms with Gasteiger partial charge in [0.25, 0.3) is 0 Å². The van der Waals surface area contributed by atoms with Crippen molar-refractivity contribution in [1.29, 1.82) is 0 Å². The topological polar surface area (TPSA) is 55.8 Å². The van der Waals surface area contributed by atoms with E-state index in [0.717, 1.165) is 6.07 Å². The summed E-state index contributed by atoms with van der Waals surface area (Å²) < 4.78 is 50.4. The van der Waals surface area contributed by atoms with Gasteiger partial charge in [-0.05, 0) is 29.8 Å². The van der Waals surface area contributed by atoms with Crippen LogP contribution in [0.15, 0.2) is 30.3 Å². The van der Waals surface area contributed by atoms with Crippen LogP contribution in [0.25, 0.3) is 11.1 Å². The maximum absolute atomic E-state index is 13.9. The van der Waals surface area contributed by atoms with E-state index in [1.807, 2.05) is 0 Å². The van der Waals surface area contributed by atoms with E-state index in [1.54, 1.807) is 0 Å². The summed E-state index contributed by atoms with van der Waals surface area (Å²) in [7, 11) is 1.47. The quantitative estimate of drug-likeness (QED) is 0.652. The van der Waals surface area contributed by atoms with Crippen LogP contribution in [0.5, 0.6) is 5.75 Å². The molecule has 0 unspecified atom stereocenters. The van der Waals surface area contributed by atoms with E-state index < -0.39 is 23.4 Å². The number of hydrogen-bond acceptors (Lipinski definition) is 3. The maximum Gasteiger partial charge on any atom is 0.335 e. The molecule has 0 amide bonds. The molecule has 2 aromatic rings. The minimum Gasteiger partial charge on any atom is -0.491 e. The molecule has 0 fully saturated rings. The molecule has 23 heavy (non-hydrogen) atoms. The molecule has 0 radical (unpaired) electrons. The molecule has 2 aromatic carbocycles. The summed E-state index contributed by atoms with van der Waals surface area (Å²) in [6.07, 6.45) is 0. The highest BCUT2D eigenvalue weighted by Gasteiger charge is 2.15. The summed E-state index contributed by atoms with van der Waals surface area (Å²) in [6.45, 7) is 0.422. The zero-order valence-corrected chi connectivity index (χ0v) is 12.1. The Morgan fingerprint density at radius 1 is 1.00 bits per heavy atom. The second-order valence-electron chi connectivity index (χ2n) is 4.64. The Morgan fingerprint density at radius 3 is 2.35 bits per heavy atom. The third-order valence-electron chi connectivity index (χ3n) is 3.03. The van der Waals surface area contributed by atoms with E-state index in [4.69, 9.17) is 14.6 Å². The molecule has 0 heterocycles. The molecule has 0 atom stereocenters. The number of hydrogen-bond donors (Lipinski definition) is 1. The molecule has 0 saturated heterocycles. The number of carboxylic acid groups (broad SMARTS) is 1. The van der Waals surface area contributed by atoms with E-state index >= 15 is 0 Å². The Labute approximate surface area is 130 Å². The molecule has 4 nitrogen and oxygen atoms in total. The van der Waals surface area contributed by atoms with Crippen LogP contribution in [-0.2, 0) is 4.74 Å². The molecule has 0 aromatic heterocycles. The minimum atomic E-state index is -1.32. The lowest BCUT2D eigenvalue weighted by Gasteiger charge is -2.11. The normalized spacial score (nSPS) is 10.6. The van der Waals surface area contributed by atoms with Gasteiger partial charge in [0.2, 0.25) is 0 Å². The van der Waals surface area contributed by atoms with Crippen LogP contribution in [-0.4, -0.2) is 31.4 Å². The molecule has 0 aliphatic heterocycles. The van der Waals surface area contributed by atoms with Gasteiger partial charge in [0.15, 0.2) is 11.6 Å². The molecule has 7 heteroatoms. The highest BCUT2D eigenvalue weighted by atomic mass is 19.2. The summed E-state index contributed by atoms with van der Waals surface area (Å²) in [4.78, 5) is 11.2. The van der Waals surface area contributed by atoms with Crippen LogP contribution in [0.2, 0.25) is 0 Å². The van der Waals surface area contributed by atoms with E-state index in [-0.39, 0.29) is 35.7 Å². The zero-order valence-electron chi connectivity index (χ0n) is 12.1. The molecular formula is C16H13F3O4. The van der Waals surface area contributed by atoms with E-state index in [1.165, 1.54) is 19.2 Å². The van der Waals surface area contributed by atoms with Crippen LogP contribution < -0.4 is 4.74 Å². The van der Waals surface area contributed by atoms with Gasteiger partial charge in [-0.25, -0.2) is 18.0 Å². The van der Waals surface area contributed by atoms with E-state index in [0.29, 0.717) is 12.1 Å². The molecular weight excluding hydrogens is 313 g/mol. The number of carbonyl (C=O) groups is 1. The summed E-state index contributed by atoms with van der Waals surface area (Å²) in [5, 5.41) is 9.11. The lowest BCUT2D eigenvalue weighted by atomic mass is 10.0. The lowest BCUT2D eigenvalue weighted by Crippen LogP contribution is -2.06. The molecule has 1 N–H and O–H groups in total. The molecule has 0 aliphatic carbocycles. The summed E-state index contributed by atoms with van der Waals surface area (Å²) in [6, 6.07) is 4.83. The van der Waals surface area contributed by atoms with Crippen molar-refractivity contribution in [3.05, 3.63) is 53.3 Å². The molecule has 0 spiro atoms. The Morgan fingerprint density at radius 2 is 1.70 bits per heavy atom. The third kappa shape index (κ3) is 4.01. The predicted octanol–water partition coefficient (Wildman–Crippen LogP) is 3.49. The molecule has 0 bridgehead atoms. The first-order valence-corrected chi connectivity index (χ1v) is 6.57. The first kappa shape index (κ1) is 16.8. The van der Waals surface area contributed by atoms with Crippen molar-refractivity contribution in [2.45, 2.75) is 0 Å². The van der Waals surface area contributed by atoms with Crippen molar-refractivity contribution in [1.82, 2.24) is 0 Å². The van der Waals surface area contributed by atoms with Crippen LogP contribution >= 0.6 is 0 Å². The average molecular weight is 326 g/mol. The fourth-order valence-electron chi connectivity index (χ4n) is 1.95. The number of benzene rings is 2. The highest BCUT2D eigenvalue weighted by Crippen LogP contribution is 2.29. The number of aromatic carboxylic acids is 1. The number of carboxylic acids is 1. The predicted molar refractivity (Wildman–Crippen MR) is 76.1 cm³/mol. The van der Waals surface area contributed by atoms with Gasteiger partial charge in [0.05, 0.1) is 12.2 Å². The summed E-state index contributed by atoms with van der Waals surface area (Å²) in [5.41, 5.74) is -0.364. The smallest absolute Gasteiger partial charge is 0.335 e. The van der Waals surface area contributed by atoms with Crippen LogP contribution in [0.1, 0.15) is 10.4 Å². The molecule has 122 valence electrons. The monoisotopic (exact) mass is 326 g/mol. The van der Waals surface area contributed by atoms with Gasteiger partial charge < -0.3 is 14.6 Å². The number of ether oxygens (including phenoxy) is 2. The van der Waals surface area contributed by atoms with Crippen molar-refractivity contribution in [2.24, 2.45) is 0 Å². The maximum atomic E-state index is 13.9. The molecule has 0 aliphatic rings. The first-order valence-electron chi connectivity index (χ1n) is 6.57. The minimum absolute atomic E-state index is 0.0636. The average Bonchev–Trinajstić information content (AvgIpc) is 2.51. The Bertz CT molecular complexity index is 732. The first-order chi connectivity index (χ1) is 10.9. The molecule has 0 saturated carbocycles. The zero-order chi connectivity index (χ0) is 17.0. The molecule has 2 rings (SSSR count). The lowest BCUT2D eigenvalue weighted by molar-refractivity contribution is 0.0696. The number of methoxy groups -OCH3 is 1. The van der Waals surface area contributed by atoms with Gasteiger partial charge in [0, 0.05) is 18.7 Å². The fourth-order valence-corrected chi connectivity index (χ4v) is 1.95. The van der Waals surface area contributed by atoms with Gasteiger partial charge in [-0.1, -0.05) is 0 Å². The SMILES string of the molecule is COCCOc1cc(C(=O)O)cc(-c2cc(F)c(F)cc2F)c1. The van der Waals surface area contributed by atoms with Crippen molar-refractivity contribution in [3.8, 4) is 16.9 Å². The van der Waals surface area contributed by atoms with E-state index in [9.17, 15) is 18.0 Å². The van der Waals surface area contributed by atoms with Gasteiger partial charge in [-0.3, -0.25) is 0 Å². The Balaban J connectivity index is 2.48. The van der Waals surface area contributed by atoms with Crippen molar-refractivity contribution in [3.63, 3.8) is 0 Å². The summed E-state index contributed by atoms with van der Waals surface area (Å²) in [5.74, 6) is -4.66. The van der Waals surface area contributed by atoms with Crippen molar-refractivity contribution >= 4 is 5.97 Å². The van der Waals surface area contributed by atoms with Crippen LogP contribution in [0, 0.1) is 17.5 Å². The van der Waals surface area contributed by atoms with E-state index in [2.05, 4.69) is 0 Å². The van der Waals surface area contributed by atoms with Crippen LogP contribution in [0.3, 0.4) is 0 Å². The standard InChI is InChI=1S/C16H13F3O4/c1-22-2-3-23-11-5-9(4-10(6-11)16(20)21)12-7-14(18)15(19)8-13(12)17/h4-8H,2-3H2,1H3,(H,20,21). The van der Waals surface area contributed by atoms with Gasteiger partial charge >= 0.3 is 5.97 Å². The van der Waals surface area contributed by atoms with Crippen LogP contribution in [0.4, 0.5) is 13.2 Å². The second-order valence-corrected chi connectivity index (χ2v) is 4.64. The Hall–Kier alpha value is -2.54.